The van der Waals surface area contributed by atoms with Crippen molar-refractivity contribution in [2.45, 2.75) is 64.1 Å². The van der Waals surface area contributed by atoms with Gasteiger partial charge in [0.1, 0.15) is 0 Å². The Hall–Kier alpha value is -2.17. The van der Waals surface area contributed by atoms with Gasteiger partial charge in [-0.1, -0.05) is 53.6 Å². The average Bonchev–Trinajstić information content (AvgIpc) is 2.59. The lowest BCUT2D eigenvalue weighted by Gasteiger charge is -2.38. The summed E-state index contributed by atoms with van der Waals surface area (Å²) in [6, 6.07) is 8.45. The van der Waals surface area contributed by atoms with Gasteiger partial charge in [-0.2, -0.15) is 0 Å². The molecule has 2 atom stereocenters. The third-order valence-corrected chi connectivity index (χ3v) is 4.87. The number of rotatable bonds is 7. The molecule has 146 valence electrons. The van der Waals surface area contributed by atoms with E-state index in [2.05, 4.69) is 19.9 Å². The van der Waals surface area contributed by atoms with E-state index in [0.29, 0.717) is 5.56 Å². The number of aliphatic hydroxyl groups is 3. The number of hydrogen-bond acceptors (Lipinski definition) is 4. The van der Waals surface area contributed by atoms with Crippen molar-refractivity contribution >= 4 is 5.78 Å². The SMILES string of the molecule is CC(C)=CCC/C(C)=C/CC1(O)CC(O)=CC(O)(C(=O)c2ccccc2)C1. The van der Waals surface area contributed by atoms with Crippen molar-refractivity contribution in [2.75, 3.05) is 0 Å². The molecule has 0 aliphatic heterocycles. The molecule has 2 unspecified atom stereocenters. The van der Waals surface area contributed by atoms with Crippen molar-refractivity contribution in [3.63, 3.8) is 0 Å². The van der Waals surface area contributed by atoms with Crippen LogP contribution in [0.2, 0.25) is 0 Å². The molecule has 1 aliphatic carbocycles. The maximum Gasteiger partial charge on any atom is 0.198 e. The first-order valence-electron chi connectivity index (χ1n) is 9.38. The highest BCUT2D eigenvalue weighted by Gasteiger charge is 2.46. The van der Waals surface area contributed by atoms with Crippen LogP contribution in [0.5, 0.6) is 0 Å². The summed E-state index contributed by atoms with van der Waals surface area (Å²) in [4.78, 5) is 12.8. The quantitative estimate of drug-likeness (QED) is 0.482. The average molecular weight is 370 g/mol. The van der Waals surface area contributed by atoms with Crippen LogP contribution in [0.1, 0.15) is 63.2 Å². The van der Waals surface area contributed by atoms with Crippen LogP contribution < -0.4 is 0 Å². The molecule has 0 radical (unpaired) electrons. The molecule has 0 bridgehead atoms. The fourth-order valence-corrected chi connectivity index (χ4v) is 3.46. The van der Waals surface area contributed by atoms with Gasteiger partial charge < -0.3 is 15.3 Å². The van der Waals surface area contributed by atoms with Crippen LogP contribution in [0, 0.1) is 0 Å². The van der Waals surface area contributed by atoms with Crippen LogP contribution in [0.3, 0.4) is 0 Å². The minimum Gasteiger partial charge on any atom is -0.512 e. The van der Waals surface area contributed by atoms with Crippen molar-refractivity contribution in [3.05, 3.63) is 71.0 Å². The Morgan fingerprint density at radius 3 is 2.41 bits per heavy atom. The van der Waals surface area contributed by atoms with Gasteiger partial charge in [0.05, 0.1) is 11.4 Å². The standard InChI is InChI=1S/C23H30O4/c1-17(2)8-7-9-18(3)12-13-22(26)14-20(24)15-23(27,16-22)21(25)19-10-5-4-6-11-19/h4-6,8,10-12,15,24,26-27H,7,9,13-14,16H2,1-3H3/b18-12+. The monoisotopic (exact) mass is 370 g/mol. The van der Waals surface area contributed by atoms with Gasteiger partial charge in [0, 0.05) is 18.4 Å². The largest absolute Gasteiger partial charge is 0.512 e. The van der Waals surface area contributed by atoms with E-state index < -0.39 is 17.0 Å². The second kappa shape index (κ2) is 8.68. The second-order valence-corrected chi connectivity index (χ2v) is 7.91. The smallest absolute Gasteiger partial charge is 0.198 e. The van der Waals surface area contributed by atoms with E-state index in [4.69, 9.17) is 0 Å². The number of Topliss-reactive ketones (excluding diaryl/α,β-unsaturated/α-hetero) is 1. The molecule has 4 nitrogen and oxygen atoms in total. The Labute approximate surface area is 161 Å². The summed E-state index contributed by atoms with van der Waals surface area (Å²) in [5, 5.41) is 32.0. The molecule has 4 heteroatoms. The minimum atomic E-state index is -1.91. The highest BCUT2D eigenvalue weighted by Crippen LogP contribution is 2.38. The molecule has 27 heavy (non-hydrogen) atoms. The minimum absolute atomic E-state index is 0.0229. The van der Waals surface area contributed by atoms with Crippen molar-refractivity contribution in [3.8, 4) is 0 Å². The molecule has 0 saturated carbocycles. The summed E-state index contributed by atoms with van der Waals surface area (Å²) in [6.07, 6.45) is 7.24. The Bertz CT molecular complexity index is 756. The van der Waals surface area contributed by atoms with Crippen molar-refractivity contribution in [1.29, 1.82) is 0 Å². The molecule has 1 aromatic rings. The van der Waals surface area contributed by atoms with E-state index in [9.17, 15) is 20.1 Å². The lowest BCUT2D eigenvalue weighted by Crippen LogP contribution is -2.49. The first-order valence-corrected chi connectivity index (χ1v) is 9.38. The Balaban J connectivity index is 2.13. The molecule has 1 aromatic carbocycles. The fourth-order valence-electron chi connectivity index (χ4n) is 3.46. The molecular formula is C23H30O4. The molecule has 0 saturated heterocycles. The van der Waals surface area contributed by atoms with E-state index in [1.54, 1.807) is 30.3 Å². The van der Waals surface area contributed by atoms with Crippen LogP contribution in [0.15, 0.2) is 65.5 Å². The number of aliphatic hydroxyl groups excluding tert-OH is 1. The van der Waals surface area contributed by atoms with Crippen LogP contribution in [-0.4, -0.2) is 32.3 Å². The third kappa shape index (κ3) is 5.91. The molecule has 0 spiro atoms. The fraction of sp³-hybridized carbons (Fsp3) is 0.435. The summed E-state index contributed by atoms with van der Waals surface area (Å²) >= 11 is 0. The Morgan fingerprint density at radius 2 is 1.78 bits per heavy atom. The number of allylic oxidation sites excluding steroid dienone is 3. The van der Waals surface area contributed by atoms with Crippen LogP contribution in [-0.2, 0) is 0 Å². The molecule has 3 N–H and O–H groups in total. The molecule has 0 heterocycles. The Kier molecular flexibility index (Phi) is 6.79. The van der Waals surface area contributed by atoms with Gasteiger partial charge in [0.15, 0.2) is 11.4 Å². The van der Waals surface area contributed by atoms with Gasteiger partial charge in [-0.25, -0.2) is 0 Å². The van der Waals surface area contributed by atoms with Gasteiger partial charge in [-0.05, 0) is 46.1 Å². The Morgan fingerprint density at radius 1 is 1.11 bits per heavy atom. The van der Waals surface area contributed by atoms with Crippen LogP contribution in [0.4, 0.5) is 0 Å². The van der Waals surface area contributed by atoms with E-state index >= 15 is 0 Å². The van der Waals surface area contributed by atoms with E-state index in [0.717, 1.165) is 18.4 Å². The summed E-state index contributed by atoms with van der Waals surface area (Å²) in [7, 11) is 0. The maximum atomic E-state index is 12.8. The summed E-state index contributed by atoms with van der Waals surface area (Å²) in [6.45, 7) is 6.12. The zero-order valence-corrected chi connectivity index (χ0v) is 16.4. The summed E-state index contributed by atoms with van der Waals surface area (Å²) in [5.74, 6) is -0.678. The molecular weight excluding hydrogens is 340 g/mol. The normalized spacial score (nSPS) is 25.7. The molecule has 1 aliphatic rings. The van der Waals surface area contributed by atoms with Crippen molar-refractivity contribution in [2.24, 2.45) is 0 Å². The van der Waals surface area contributed by atoms with Crippen molar-refractivity contribution < 1.29 is 20.1 Å². The molecule has 2 rings (SSSR count). The summed E-state index contributed by atoms with van der Waals surface area (Å²) < 4.78 is 0. The zero-order valence-electron chi connectivity index (χ0n) is 16.4. The summed E-state index contributed by atoms with van der Waals surface area (Å²) in [5.41, 5.74) is -0.527. The highest BCUT2D eigenvalue weighted by atomic mass is 16.3. The molecule has 0 amide bonds. The van der Waals surface area contributed by atoms with E-state index in [1.165, 1.54) is 11.6 Å². The lowest BCUT2D eigenvalue weighted by molar-refractivity contribution is -0.0457. The second-order valence-electron chi connectivity index (χ2n) is 7.91. The topological polar surface area (TPSA) is 77.8 Å². The van der Waals surface area contributed by atoms with Gasteiger partial charge >= 0.3 is 0 Å². The van der Waals surface area contributed by atoms with Gasteiger partial charge in [0.2, 0.25) is 0 Å². The third-order valence-electron chi connectivity index (χ3n) is 4.87. The maximum absolute atomic E-state index is 12.8. The molecule has 0 aromatic heterocycles. The van der Waals surface area contributed by atoms with E-state index in [1.807, 2.05) is 13.0 Å². The van der Waals surface area contributed by atoms with Crippen LogP contribution >= 0.6 is 0 Å². The lowest BCUT2D eigenvalue weighted by atomic mass is 9.74. The van der Waals surface area contributed by atoms with Crippen LogP contribution in [0.25, 0.3) is 0 Å². The highest BCUT2D eigenvalue weighted by molar-refractivity contribution is 6.03. The number of carbonyl (C=O) groups is 1. The predicted octanol–water partition coefficient (Wildman–Crippen LogP) is 4.65. The number of ketones is 1. The number of benzene rings is 1. The van der Waals surface area contributed by atoms with E-state index in [-0.39, 0.29) is 25.0 Å². The van der Waals surface area contributed by atoms with Gasteiger partial charge in [0.25, 0.3) is 0 Å². The van der Waals surface area contributed by atoms with Gasteiger partial charge in [-0.3, -0.25) is 4.79 Å². The predicted molar refractivity (Wildman–Crippen MR) is 108 cm³/mol. The van der Waals surface area contributed by atoms with Crippen molar-refractivity contribution in [1.82, 2.24) is 0 Å². The first kappa shape index (κ1) is 21.1. The van der Waals surface area contributed by atoms with Gasteiger partial charge in [-0.15, -0.1) is 0 Å². The first-order chi connectivity index (χ1) is 12.6. The number of hydrogen-bond donors (Lipinski definition) is 3. The zero-order chi connectivity index (χ0) is 20.1. The molecule has 0 fully saturated rings. The number of carbonyl (C=O) groups excluding carboxylic acids is 1.